The van der Waals surface area contributed by atoms with Crippen molar-refractivity contribution in [1.82, 2.24) is 0 Å². The molecule has 2 fully saturated rings. The fourth-order valence-electron chi connectivity index (χ4n) is 9.06. The van der Waals surface area contributed by atoms with E-state index in [2.05, 4.69) is 0 Å². The highest BCUT2D eigenvalue weighted by atomic mass is 16.6. The lowest BCUT2D eigenvalue weighted by Gasteiger charge is -2.54. The van der Waals surface area contributed by atoms with E-state index in [9.17, 15) is 38.7 Å². The van der Waals surface area contributed by atoms with E-state index in [4.69, 9.17) is 28.4 Å². The zero-order chi connectivity index (χ0) is 37.8. The third-order valence-corrected chi connectivity index (χ3v) is 10.7. The molecule has 2 saturated carbocycles. The molecule has 14 nitrogen and oxygen atoms in total. The molecule has 1 aromatic rings. The Balaban J connectivity index is 1.86. The van der Waals surface area contributed by atoms with Crippen LogP contribution >= 0.6 is 0 Å². The molecule has 0 radical (unpaired) electrons. The van der Waals surface area contributed by atoms with Crippen LogP contribution in [0.3, 0.4) is 0 Å². The van der Waals surface area contributed by atoms with Gasteiger partial charge in [-0.3, -0.25) is 24.0 Å². The molecular formula is C37H44O14. The number of aliphatic hydroxyl groups is 1. The maximum absolute atomic E-state index is 14.2. The molecule has 5 rings (SSSR count). The van der Waals surface area contributed by atoms with Gasteiger partial charge in [0.2, 0.25) is 0 Å². The van der Waals surface area contributed by atoms with Crippen molar-refractivity contribution in [3.63, 3.8) is 0 Å². The fraction of sp³-hybridized carbons (Fsp3) is 0.595. The van der Waals surface area contributed by atoms with Crippen LogP contribution in [0.2, 0.25) is 0 Å². The summed E-state index contributed by atoms with van der Waals surface area (Å²) in [7, 11) is 0. The maximum Gasteiger partial charge on any atom is 0.344 e. The summed E-state index contributed by atoms with van der Waals surface area (Å²) in [6, 6.07) is 8.00. The molecule has 9 unspecified atom stereocenters. The van der Waals surface area contributed by atoms with Crippen LogP contribution in [0.15, 0.2) is 41.5 Å². The first kappa shape index (κ1) is 37.7. The minimum atomic E-state index is -2.28. The highest BCUT2D eigenvalue weighted by Gasteiger charge is 2.80. The van der Waals surface area contributed by atoms with Gasteiger partial charge in [0.05, 0.1) is 16.9 Å². The van der Waals surface area contributed by atoms with Gasteiger partial charge in [-0.05, 0) is 43.4 Å². The average Bonchev–Trinajstić information content (AvgIpc) is 3.41. The molecule has 0 saturated heterocycles. The number of fused-ring (bicyclic) bond motifs is 4. The topological polar surface area (TPSA) is 195 Å². The molecular weight excluding hydrogens is 668 g/mol. The van der Waals surface area contributed by atoms with E-state index in [1.807, 2.05) is 0 Å². The number of ether oxygens (including phenoxy) is 6. The van der Waals surface area contributed by atoms with Gasteiger partial charge in [0.1, 0.15) is 17.8 Å². The van der Waals surface area contributed by atoms with Crippen LogP contribution in [-0.2, 0) is 57.2 Å². The van der Waals surface area contributed by atoms with Crippen molar-refractivity contribution in [3.8, 4) is 0 Å². The standard InChI is InChI=1S/C37H44O14/c1-18-14-36(45)27(28(18)50-31(44)23-12-10-9-11-13-23)30(49-26(42)17-46-19(2)38)37(51-22(5)41)15-24-25(16-34(6,7)29(24)43)35(8,32(36)47-20(3)39)33(37)48-21(4)40/h9-13,18,27-28,30,32-33,45H,14-17H2,1-8H3. The predicted octanol–water partition coefficient (Wildman–Crippen LogP) is 2.96. The largest absolute Gasteiger partial charge is 0.458 e. The van der Waals surface area contributed by atoms with Crippen LogP contribution in [-0.4, -0.2) is 88.9 Å². The van der Waals surface area contributed by atoms with Crippen molar-refractivity contribution in [3.05, 3.63) is 47.0 Å². The predicted molar refractivity (Wildman–Crippen MR) is 173 cm³/mol. The lowest BCUT2D eigenvalue weighted by molar-refractivity contribution is -0.239. The van der Waals surface area contributed by atoms with Crippen molar-refractivity contribution in [2.45, 2.75) is 110 Å². The molecule has 0 heterocycles. The van der Waals surface area contributed by atoms with E-state index in [1.54, 1.807) is 45.9 Å². The number of hydrogen-bond donors (Lipinski definition) is 1. The van der Waals surface area contributed by atoms with Crippen LogP contribution in [0.5, 0.6) is 0 Å². The van der Waals surface area contributed by atoms with Gasteiger partial charge in [-0.2, -0.15) is 0 Å². The summed E-state index contributed by atoms with van der Waals surface area (Å²) in [5.41, 5.74) is -6.58. The lowest BCUT2D eigenvalue weighted by atomic mass is 9.59. The van der Waals surface area contributed by atoms with Gasteiger partial charge in [-0.15, -0.1) is 0 Å². The molecule has 9 atom stereocenters. The number of benzene rings is 1. The normalized spacial score (nSPS) is 34.6. The molecule has 1 aromatic carbocycles. The molecule has 14 heteroatoms. The van der Waals surface area contributed by atoms with Crippen molar-refractivity contribution < 1.29 is 67.1 Å². The highest BCUT2D eigenvalue weighted by Crippen LogP contribution is 2.67. The summed E-state index contributed by atoms with van der Waals surface area (Å²) < 4.78 is 35.4. The third kappa shape index (κ3) is 6.31. The number of carbonyl (C=O) groups is 7. The van der Waals surface area contributed by atoms with Gasteiger partial charge in [-0.25, -0.2) is 9.59 Å². The molecule has 2 bridgehead atoms. The number of ketones is 1. The summed E-state index contributed by atoms with van der Waals surface area (Å²) >= 11 is 0. The van der Waals surface area contributed by atoms with Gasteiger partial charge in [-0.1, -0.05) is 39.0 Å². The lowest BCUT2D eigenvalue weighted by Crippen LogP contribution is -2.67. The zero-order valence-corrected chi connectivity index (χ0v) is 29.9. The first-order valence-corrected chi connectivity index (χ1v) is 16.8. The molecule has 4 aliphatic carbocycles. The summed E-state index contributed by atoms with van der Waals surface area (Å²) in [5.74, 6) is -7.95. The second-order valence-corrected chi connectivity index (χ2v) is 15.0. The number of carbonyl (C=O) groups excluding carboxylic acids is 7. The second-order valence-electron chi connectivity index (χ2n) is 15.0. The van der Waals surface area contributed by atoms with Crippen LogP contribution in [0.1, 0.15) is 85.0 Å². The highest BCUT2D eigenvalue weighted by molar-refractivity contribution is 6.04. The van der Waals surface area contributed by atoms with Crippen LogP contribution in [0, 0.1) is 22.7 Å². The van der Waals surface area contributed by atoms with Gasteiger partial charge in [0.25, 0.3) is 0 Å². The average molecular weight is 713 g/mol. The summed E-state index contributed by atoms with van der Waals surface area (Å²) in [4.78, 5) is 92.4. The first-order valence-electron chi connectivity index (χ1n) is 16.8. The van der Waals surface area contributed by atoms with Crippen molar-refractivity contribution in [2.75, 3.05) is 6.61 Å². The van der Waals surface area contributed by atoms with E-state index in [1.165, 1.54) is 12.1 Å². The Morgan fingerprint density at radius 1 is 0.804 bits per heavy atom. The monoisotopic (exact) mass is 712 g/mol. The number of hydrogen-bond acceptors (Lipinski definition) is 14. The molecule has 276 valence electrons. The molecule has 1 N–H and O–H groups in total. The van der Waals surface area contributed by atoms with E-state index in [-0.39, 0.29) is 29.8 Å². The number of esters is 6. The van der Waals surface area contributed by atoms with E-state index in [0.29, 0.717) is 5.57 Å². The Hall–Kier alpha value is -4.59. The molecule has 4 aliphatic rings. The van der Waals surface area contributed by atoms with E-state index >= 15 is 0 Å². The Kier molecular flexibility index (Phi) is 9.74. The Bertz CT molecular complexity index is 1700. The van der Waals surface area contributed by atoms with Crippen molar-refractivity contribution in [1.29, 1.82) is 0 Å². The van der Waals surface area contributed by atoms with Crippen molar-refractivity contribution >= 4 is 41.6 Å². The summed E-state index contributed by atoms with van der Waals surface area (Å²) in [6.07, 6.45) is -6.99. The van der Waals surface area contributed by atoms with Gasteiger partial charge in [0.15, 0.2) is 30.2 Å². The minimum absolute atomic E-state index is 0.100. The quantitative estimate of drug-likeness (QED) is 0.305. The minimum Gasteiger partial charge on any atom is -0.458 e. The first-order chi connectivity index (χ1) is 23.7. The number of Topliss-reactive ketones (excluding diaryl/α,β-unsaturated/α-hetero) is 1. The third-order valence-electron chi connectivity index (χ3n) is 10.7. The summed E-state index contributed by atoms with van der Waals surface area (Å²) in [5, 5.41) is 13.2. The fourth-order valence-corrected chi connectivity index (χ4v) is 9.06. The zero-order valence-electron chi connectivity index (χ0n) is 29.9. The van der Waals surface area contributed by atoms with Crippen LogP contribution in [0.25, 0.3) is 0 Å². The van der Waals surface area contributed by atoms with Gasteiger partial charge in [0, 0.05) is 45.1 Å². The summed E-state index contributed by atoms with van der Waals surface area (Å²) in [6.45, 7) is 10.1. The smallest absolute Gasteiger partial charge is 0.344 e. The van der Waals surface area contributed by atoms with Gasteiger partial charge < -0.3 is 33.5 Å². The molecule has 51 heavy (non-hydrogen) atoms. The van der Waals surface area contributed by atoms with E-state index in [0.717, 1.165) is 27.7 Å². The Morgan fingerprint density at radius 2 is 1.41 bits per heavy atom. The molecule has 0 aliphatic heterocycles. The Morgan fingerprint density at radius 3 is 1.98 bits per heavy atom. The molecule has 0 spiro atoms. The van der Waals surface area contributed by atoms with E-state index < -0.39 is 107 Å². The van der Waals surface area contributed by atoms with Crippen molar-refractivity contribution in [2.24, 2.45) is 22.7 Å². The van der Waals surface area contributed by atoms with Crippen LogP contribution < -0.4 is 0 Å². The second kappa shape index (κ2) is 13.2. The Labute approximate surface area is 295 Å². The van der Waals surface area contributed by atoms with Gasteiger partial charge >= 0.3 is 35.8 Å². The number of rotatable bonds is 8. The maximum atomic E-state index is 14.2. The molecule has 0 aromatic heterocycles. The molecule has 0 amide bonds. The van der Waals surface area contributed by atoms with Crippen LogP contribution in [0.4, 0.5) is 0 Å². The SMILES string of the molecule is CC(=O)OCC(=O)OC1C2C(OC(=O)c3ccccc3)C(C)CC2(O)C(OC(C)=O)C2(C)C3=C(CC1(OC(C)=O)C2OC(C)=O)C(=O)C(C)(C)C3.